The zero-order valence-electron chi connectivity index (χ0n) is 9.25. The Balaban J connectivity index is 2.41. The zero-order valence-corrected chi connectivity index (χ0v) is 9.25. The highest BCUT2D eigenvalue weighted by molar-refractivity contribution is 6.18. The Morgan fingerprint density at radius 3 is 2.39 bits per heavy atom. The molecule has 2 amide bonds. The molecule has 1 saturated heterocycles. The zero-order chi connectivity index (χ0) is 13.3. The average molecular weight is 250 g/mol. The Morgan fingerprint density at radius 2 is 1.89 bits per heavy atom. The number of carbonyl (C=O) groups is 3. The Hall–Kier alpha value is -2.41. The van der Waals surface area contributed by atoms with E-state index in [2.05, 4.69) is 0 Å². The molecule has 0 unspecified atom stereocenters. The molecule has 1 heterocycles. The lowest BCUT2D eigenvalue weighted by atomic mass is 10.1. The Morgan fingerprint density at radius 1 is 1.28 bits per heavy atom. The van der Waals surface area contributed by atoms with Gasteiger partial charge in [-0.15, -0.1) is 0 Å². The minimum absolute atomic E-state index is 0.00981. The molecule has 0 bridgehead atoms. The van der Waals surface area contributed by atoms with Crippen molar-refractivity contribution in [3.63, 3.8) is 0 Å². The van der Waals surface area contributed by atoms with Crippen molar-refractivity contribution in [3.05, 3.63) is 23.8 Å². The van der Waals surface area contributed by atoms with E-state index in [1.54, 1.807) is 0 Å². The predicted molar refractivity (Wildman–Crippen MR) is 61.1 cm³/mol. The monoisotopic (exact) mass is 250 g/mol. The molecule has 1 fully saturated rings. The fraction of sp³-hybridized carbons (Fsp3) is 0.182. The third kappa shape index (κ3) is 2.03. The second kappa shape index (κ2) is 4.46. The van der Waals surface area contributed by atoms with E-state index in [0.717, 1.165) is 4.90 Å². The second-order valence-corrected chi connectivity index (χ2v) is 3.69. The summed E-state index contributed by atoms with van der Waals surface area (Å²) in [4.78, 5) is 34.8. The number of benzene rings is 1. The number of carboxylic acid groups (broad SMARTS) is 1. The molecule has 0 aromatic heterocycles. The van der Waals surface area contributed by atoms with Gasteiger partial charge in [0.1, 0.15) is 13.2 Å². The summed E-state index contributed by atoms with van der Waals surface area (Å²) in [5.41, 5.74) is 5.89. The molecule has 0 spiro atoms. The maximum atomic E-state index is 11.6. The molecule has 18 heavy (non-hydrogen) atoms. The summed E-state index contributed by atoms with van der Waals surface area (Å²) in [5, 5.41) is 8.79. The lowest BCUT2D eigenvalue weighted by molar-refractivity contribution is -0.138. The van der Waals surface area contributed by atoms with Crippen LogP contribution in [-0.2, 0) is 14.3 Å². The molecular formula is C11H10N2O5. The van der Waals surface area contributed by atoms with Gasteiger partial charge in [-0.05, 0) is 18.2 Å². The second-order valence-electron chi connectivity index (χ2n) is 3.69. The van der Waals surface area contributed by atoms with E-state index in [0.29, 0.717) is 0 Å². The van der Waals surface area contributed by atoms with Gasteiger partial charge in [0.25, 0.3) is 11.8 Å². The smallest absolute Gasteiger partial charge is 0.335 e. The highest BCUT2D eigenvalue weighted by atomic mass is 16.5. The van der Waals surface area contributed by atoms with Crippen LogP contribution in [0.1, 0.15) is 10.4 Å². The van der Waals surface area contributed by atoms with Crippen molar-refractivity contribution in [1.29, 1.82) is 0 Å². The van der Waals surface area contributed by atoms with Gasteiger partial charge >= 0.3 is 5.97 Å². The summed E-state index contributed by atoms with van der Waals surface area (Å²) in [7, 11) is 0. The Bertz CT molecular complexity index is 524. The number of nitrogens with zero attached hydrogens (tertiary/aromatic N) is 1. The number of amides is 2. The highest BCUT2D eigenvalue weighted by Gasteiger charge is 2.29. The molecule has 0 atom stereocenters. The number of hydrogen-bond donors (Lipinski definition) is 2. The standard InChI is InChI=1S/C11H10N2O5/c12-7-3-6(11(16)17)1-2-8(7)13-9(14)4-18-5-10(13)15/h1-3H,4-5,12H2,(H,16,17). The number of morpholine rings is 1. The first-order valence-electron chi connectivity index (χ1n) is 5.07. The van der Waals surface area contributed by atoms with Gasteiger partial charge in [-0.1, -0.05) is 0 Å². The average Bonchev–Trinajstić information content (AvgIpc) is 2.30. The fourth-order valence-electron chi connectivity index (χ4n) is 1.65. The van der Waals surface area contributed by atoms with Gasteiger partial charge in [0.15, 0.2) is 0 Å². The number of anilines is 2. The maximum absolute atomic E-state index is 11.6. The molecule has 3 N–H and O–H groups in total. The number of carboxylic acids is 1. The highest BCUT2D eigenvalue weighted by Crippen LogP contribution is 2.26. The number of carbonyl (C=O) groups excluding carboxylic acids is 2. The van der Waals surface area contributed by atoms with E-state index in [9.17, 15) is 14.4 Å². The van der Waals surface area contributed by atoms with Gasteiger partial charge in [0, 0.05) is 0 Å². The van der Waals surface area contributed by atoms with Crippen molar-refractivity contribution >= 4 is 29.2 Å². The lowest BCUT2D eigenvalue weighted by Gasteiger charge is -2.26. The van der Waals surface area contributed by atoms with Crippen LogP contribution < -0.4 is 10.6 Å². The number of rotatable bonds is 2. The van der Waals surface area contributed by atoms with E-state index in [4.69, 9.17) is 15.6 Å². The summed E-state index contributed by atoms with van der Waals surface area (Å²) < 4.78 is 4.77. The van der Waals surface area contributed by atoms with E-state index < -0.39 is 17.8 Å². The summed E-state index contributed by atoms with van der Waals surface area (Å²) in [5.74, 6) is -2.19. The van der Waals surface area contributed by atoms with Crippen molar-refractivity contribution in [1.82, 2.24) is 0 Å². The van der Waals surface area contributed by atoms with Gasteiger partial charge < -0.3 is 15.6 Å². The number of nitrogens with two attached hydrogens (primary N) is 1. The third-order valence-electron chi connectivity index (χ3n) is 2.47. The minimum Gasteiger partial charge on any atom is -0.478 e. The van der Waals surface area contributed by atoms with Crippen molar-refractivity contribution < 1.29 is 24.2 Å². The van der Waals surface area contributed by atoms with Crippen LogP contribution in [0, 0.1) is 0 Å². The number of hydrogen-bond acceptors (Lipinski definition) is 5. The van der Waals surface area contributed by atoms with Crippen molar-refractivity contribution in [2.24, 2.45) is 0 Å². The van der Waals surface area contributed by atoms with Gasteiger partial charge in [-0.3, -0.25) is 9.59 Å². The lowest BCUT2D eigenvalue weighted by Crippen LogP contribution is -2.46. The quantitative estimate of drug-likeness (QED) is 0.558. The van der Waals surface area contributed by atoms with Crippen LogP contribution in [0.15, 0.2) is 18.2 Å². The summed E-state index contributed by atoms with van der Waals surface area (Å²) in [6.45, 7) is -0.405. The normalized spacial score (nSPS) is 15.9. The van der Waals surface area contributed by atoms with E-state index in [-0.39, 0.29) is 30.2 Å². The van der Waals surface area contributed by atoms with Crippen LogP contribution in [-0.4, -0.2) is 36.1 Å². The first kappa shape index (κ1) is 12.1. The van der Waals surface area contributed by atoms with Crippen LogP contribution in [0.2, 0.25) is 0 Å². The van der Waals surface area contributed by atoms with E-state index in [1.807, 2.05) is 0 Å². The maximum Gasteiger partial charge on any atom is 0.335 e. The van der Waals surface area contributed by atoms with Gasteiger partial charge in [-0.2, -0.15) is 0 Å². The SMILES string of the molecule is Nc1cc(C(=O)O)ccc1N1C(=O)COCC1=O. The molecule has 1 aromatic rings. The van der Waals surface area contributed by atoms with Gasteiger partial charge in [0.05, 0.1) is 16.9 Å². The van der Waals surface area contributed by atoms with Crippen LogP contribution >= 0.6 is 0 Å². The number of aromatic carboxylic acids is 1. The molecule has 2 rings (SSSR count). The number of nitrogen functional groups attached to an aromatic ring is 1. The van der Waals surface area contributed by atoms with Crippen LogP contribution in [0.3, 0.4) is 0 Å². The topological polar surface area (TPSA) is 110 Å². The van der Waals surface area contributed by atoms with Gasteiger partial charge in [0.2, 0.25) is 0 Å². The van der Waals surface area contributed by atoms with E-state index in [1.165, 1.54) is 18.2 Å². The molecule has 1 aromatic carbocycles. The van der Waals surface area contributed by atoms with Crippen molar-refractivity contribution in [3.8, 4) is 0 Å². The molecule has 1 aliphatic heterocycles. The van der Waals surface area contributed by atoms with Gasteiger partial charge in [-0.25, -0.2) is 9.69 Å². The Labute approximate surface area is 102 Å². The minimum atomic E-state index is -1.13. The summed E-state index contributed by atoms with van der Waals surface area (Å²) >= 11 is 0. The molecule has 0 radical (unpaired) electrons. The van der Waals surface area contributed by atoms with Crippen LogP contribution in [0.4, 0.5) is 11.4 Å². The number of imide groups is 1. The molecule has 7 nitrogen and oxygen atoms in total. The van der Waals surface area contributed by atoms with E-state index >= 15 is 0 Å². The number of ether oxygens (including phenoxy) is 1. The van der Waals surface area contributed by atoms with Crippen LogP contribution in [0.5, 0.6) is 0 Å². The van der Waals surface area contributed by atoms with Crippen molar-refractivity contribution in [2.75, 3.05) is 23.8 Å². The first-order valence-corrected chi connectivity index (χ1v) is 5.07. The summed E-state index contributed by atoms with van der Waals surface area (Å²) in [6, 6.07) is 3.82. The van der Waals surface area contributed by atoms with Crippen LogP contribution in [0.25, 0.3) is 0 Å². The molecule has 0 saturated carbocycles. The molecule has 7 heteroatoms. The summed E-state index contributed by atoms with van der Waals surface area (Å²) in [6.07, 6.45) is 0. The Kier molecular flexibility index (Phi) is 2.99. The third-order valence-corrected chi connectivity index (χ3v) is 2.47. The molecule has 0 aliphatic carbocycles. The molecule has 1 aliphatic rings. The van der Waals surface area contributed by atoms with Crippen molar-refractivity contribution in [2.45, 2.75) is 0 Å². The largest absolute Gasteiger partial charge is 0.478 e. The fourth-order valence-corrected chi connectivity index (χ4v) is 1.65. The molecule has 94 valence electrons. The molecular weight excluding hydrogens is 240 g/mol. The first-order chi connectivity index (χ1) is 8.50. The predicted octanol–water partition coefficient (Wildman–Crippen LogP) is -0.143.